The maximum absolute atomic E-state index is 12.8. The third-order valence-electron chi connectivity index (χ3n) is 6.88. The Morgan fingerprint density at radius 2 is 1.86 bits per heavy atom. The van der Waals surface area contributed by atoms with Crippen molar-refractivity contribution in [2.24, 2.45) is 10.9 Å². The highest BCUT2D eigenvalue weighted by atomic mass is 16.5. The number of hydrogen-bond acceptors (Lipinski definition) is 6. The fourth-order valence-electron chi connectivity index (χ4n) is 4.81. The SMILES string of the molecule is O=CC1C(C(=O)N[C@@H](Cc2ccc(OCCCCC3CCNCC3)cc2)C(=O)O)=Nc2ccccc21. The van der Waals surface area contributed by atoms with Crippen LogP contribution < -0.4 is 15.4 Å². The van der Waals surface area contributed by atoms with Crippen LogP contribution in [0, 0.1) is 5.92 Å². The van der Waals surface area contributed by atoms with Crippen molar-refractivity contribution in [3.05, 3.63) is 59.7 Å². The first-order chi connectivity index (χ1) is 17.5. The lowest BCUT2D eigenvalue weighted by Gasteiger charge is -2.22. The summed E-state index contributed by atoms with van der Waals surface area (Å²) in [5, 5.41) is 15.6. The van der Waals surface area contributed by atoms with Crippen molar-refractivity contribution in [2.45, 2.75) is 50.5 Å². The molecule has 2 atom stereocenters. The molecule has 36 heavy (non-hydrogen) atoms. The number of fused-ring (bicyclic) bond motifs is 1. The molecule has 0 bridgehead atoms. The van der Waals surface area contributed by atoms with Crippen LogP contribution in [0.3, 0.4) is 0 Å². The van der Waals surface area contributed by atoms with E-state index >= 15 is 0 Å². The van der Waals surface area contributed by atoms with E-state index in [4.69, 9.17) is 4.74 Å². The number of aliphatic imine (C=N–C) groups is 1. The molecule has 190 valence electrons. The van der Waals surface area contributed by atoms with Gasteiger partial charge in [-0.3, -0.25) is 4.79 Å². The van der Waals surface area contributed by atoms with E-state index < -0.39 is 23.8 Å². The molecule has 0 radical (unpaired) electrons. The minimum absolute atomic E-state index is 0.0151. The van der Waals surface area contributed by atoms with Crippen molar-refractivity contribution in [3.63, 3.8) is 0 Å². The zero-order chi connectivity index (χ0) is 25.3. The molecule has 3 N–H and O–H groups in total. The highest BCUT2D eigenvalue weighted by Crippen LogP contribution is 2.34. The van der Waals surface area contributed by atoms with Crippen molar-refractivity contribution in [2.75, 3.05) is 19.7 Å². The molecule has 2 aromatic rings. The third kappa shape index (κ3) is 6.57. The van der Waals surface area contributed by atoms with Gasteiger partial charge in [0.05, 0.1) is 18.2 Å². The van der Waals surface area contributed by atoms with Gasteiger partial charge in [0, 0.05) is 6.42 Å². The van der Waals surface area contributed by atoms with Crippen LogP contribution in [0.25, 0.3) is 0 Å². The number of nitrogens with zero attached hydrogens (tertiary/aromatic N) is 1. The molecular formula is C28H33N3O5. The second-order valence-electron chi connectivity index (χ2n) is 9.42. The molecule has 2 aromatic carbocycles. The molecule has 4 rings (SSSR count). The van der Waals surface area contributed by atoms with E-state index in [1.807, 2.05) is 24.3 Å². The Kier molecular flexibility index (Phi) is 8.84. The average Bonchev–Trinajstić information content (AvgIpc) is 3.28. The number of rotatable bonds is 12. The largest absolute Gasteiger partial charge is 0.494 e. The van der Waals surface area contributed by atoms with Crippen LogP contribution >= 0.6 is 0 Å². The van der Waals surface area contributed by atoms with Crippen LogP contribution in [0.5, 0.6) is 5.75 Å². The zero-order valence-electron chi connectivity index (χ0n) is 20.3. The van der Waals surface area contributed by atoms with Crippen LogP contribution in [0.4, 0.5) is 5.69 Å². The highest BCUT2D eigenvalue weighted by Gasteiger charge is 2.33. The first-order valence-corrected chi connectivity index (χ1v) is 12.6. The molecule has 8 nitrogen and oxygen atoms in total. The van der Waals surface area contributed by atoms with Gasteiger partial charge in [0.25, 0.3) is 5.91 Å². The van der Waals surface area contributed by atoms with Crippen LogP contribution in [-0.4, -0.2) is 54.7 Å². The first kappa shape index (κ1) is 25.6. The summed E-state index contributed by atoms with van der Waals surface area (Å²) >= 11 is 0. The van der Waals surface area contributed by atoms with Gasteiger partial charge >= 0.3 is 5.97 Å². The number of piperidine rings is 1. The monoisotopic (exact) mass is 491 g/mol. The van der Waals surface area contributed by atoms with E-state index in [1.54, 1.807) is 24.3 Å². The predicted octanol–water partition coefficient (Wildman–Crippen LogP) is 3.42. The standard InChI is InChI=1S/C28H33N3O5/c32-18-23-22-6-1-2-7-24(22)30-26(23)27(33)31-25(28(34)35)17-20-8-10-21(11-9-20)36-16-4-3-5-19-12-14-29-15-13-19/h1-2,6-11,18-19,23,25,29H,3-5,12-17H2,(H,31,33)(H,34,35)/t23?,25-/m0/s1. The Balaban J connectivity index is 1.26. The molecule has 0 spiro atoms. The summed E-state index contributed by atoms with van der Waals surface area (Å²) in [7, 11) is 0. The Bertz CT molecular complexity index is 1090. The zero-order valence-corrected chi connectivity index (χ0v) is 20.3. The van der Waals surface area contributed by atoms with Crippen LogP contribution in [0.15, 0.2) is 53.5 Å². The van der Waals surface area contributed by atoms with Crippen LogP contribution in [0.2, 0.25) is 0 Å². The number of amides is 1. The van der Waals surface area contributed by atoms with E-state index in [1.165, 1.54) is 19.3 Å². The minimum Gasteiger partial charge on any atom is -0.494 e. The van der Waals surface area contributed by atoms with E-state index in [0.717, 1.165) is 43.2 Å². The summed E-state index contributed by atoms with van der Waals surface area (Å²) in [4.78, 5) is 40.6. The molecule has 0 aliphatic carbocycles. The van der Waals surface area contributed by atoms with Gasteiger partial charge in [-0.15, -0.1) is 0 Å². The number of hydrogen-bond donors (Lipinski definition) is 3. The molecule has 0 saturated carbocycles. The third-order valence-corrected chi connectivity index (χ3v) is 6.88. The lowest BCUT2D eigenvalue weighted by Crippen LogP contribution is -2.46. The molecule has 1 saturated heterocycles. The van der Waals surface area contributed by atoms with E-state index in [-0.39, 0.29) is 12.1 Å². The summed E-state index contributed by atoms with van der Waals surface area (Å²) in [6, 6.07) is 13.1. The highest BCUT2D eigenvalue weighted by molar-refractivity contribution is 6.45. The number of carboxylic acids is 1. The molecule has 0 aromatic heterocycles. The Morgan fingerprint density at radius 3 is 2.58 bits per heavy atom. The Labute approximate surface area is 211 Å². The fourth-order valence-corrected chi connectivity index (χ4v) is 4.81. The summed E-state index contributed by atoms with van der Waals surface area (Å²) in [6.45, 7) is 2.91. The molecule has 1 amide bonds. The quantitative estimate of drug-likeness (QED) is 0.309. The number of ether oxygens (including phenoxy) is 1. The average molecular weight is 492 g/mol. The second kappa shape index (κ2) is 12.4. The van der Waals surface area contributed by atoms with Crippen molar-refractivity contribution < 1.29 is 24.2 Å². The lowest BCUT2D eigenvalue weighted by molar-refractivity contribution is -0.141. The molecular weight excluding hydrogens is 458 g/mol. The van der Waals surface area contributed by atoms with Crippen molar-refractivity contribution in [1.29, 1.82) is 0 Å². The van der Waals surface area contributed by atoms with Gasteiger partial charge in [-0.05, 0) is 74.0 Å². The lowest BCUT2D eigenvalue weighted by atomic mass is 9.93. The van der Waals surface area contributed by atoms with Crippen molar-refractivity contribution in [1.82, 2.24) is 10.6 Å². The number of para-hydroxylation sites is 1. The number of benzene rings is 2. The normalized spacial score (nSPS) is 18.1. The Morgan fingerprint density at radius 1 is 1.11 bits per heavy atom. The maximum atomic E-state index is 12.8. The van der Waals surface area contributed by atoms with E-state index in [0.29, 0.717) is 24.1 Å². The van der Waals surface area contributed by atoms with Crippen molar-refractivity contribution >= 4 is 29.6 Å². The van der Waals surface area contributed by atoms with Crippen LogP contribution in [-0.2, 0) is 20.8 Å². The van der Waals surface area contributed by atoms with Gasteiger partial charge in [-0.2, -0.15) is 0 Å². The van der Waals surface area contributed by atoms with Gasteiger partial charge in [-0.1, -0.05) is 36.8 Å². The van der Waals surface area contributed by atoms with Gasteiger partial charge in [0.2, 0.25) is 0 Å². The molecule has 2 aliphatic rings. The number of unbranched alkanes of at least 4 members (excludes halogenated alkanes) is 1. The van der Waals surface area contributed by atoms with Gasteiger partial charge in [0.1, 0.15) is 23.8 Å². The van der Waals surface area contributed by atoms with Crippen molar-refractivity contribution in [3.8, 4) is 5.75 Å². The summed E-state index contributed by atoms with van der Waals surface area (Å²) in [5.41, 5.74) is 1.96. The molecule has 8 heteroatoms. The minimum atomic E-state index is -1.16. The molecule has 1 unspecified atom stereocenters. The number of carboxylic acid groups (broad SMARTS) is 1. The predicted molar refractivity (Wildman–Crippen MR) is 137 cm³/mol. The summed E-state index contributed by atoms with van der Waals surface area (Å²) in [6.07, 6.45) is 6.70. The number of carbonyl (C=O) groups excluding carboxylic acids is 2. The summed E-state index contributed by atoms with van der Waals surface area (Å²) in [5.74, 6) is -1.04. The molecule has 1 fully saturated rings. The van der Waals surface area contributed by atoms with Crippen LogP contribution in [0.1, 0.15) is 49.1 Å². The summed E-state index contributed by atoms with van der Waals surface area (Å²) < 4.78 is 5.84. The van der Waals surface area contributed by atoms with Gasteiger partial charge in [-0.25, -0.2) is 9.79 Å². The Hall–Kier alpha value is -3.52. The van der Waals surface area contributed by atoms with Gasteiger partial charge < -0.3 is 25.3 Å². The molecule has 2 heterocycles. The first-order valence-electron chi connectivity index (χ1n) is 12.6. The maximum Gasteiger partial charge on any atom is 0.326 e. The van der Waals surface area contributed by atoms with E-state index in [9.17, 15) is 19.5 Å². The topological polar surface area (TPSA) is 117 Å². The van der Waals surface area contributed by atoms with Gasteiger partial charge in [0.15, 0.2) is 0 Å². The number of nitrogens with one attached hydrogen (secondary N) is 2. The number of aldehydes is 1. The number of aliphatic carboxylic acids is 1. The van der Waals surface area contributed by atoms with E-state index in [2.05, 4.69) is 15.6 Å². The fraction of sp³-hybridized carbons (Fsp3) is 0.429. The number of carbonyl (C=O) groups is 3. The molecule has 2 aliphatic heterocycles. The smallest absolute Gasteiger partial charge is 0.326 e. The second-order valence-corrected chi connectivity index (χ2v) is 9.42.